The summed E-state index contributed by atoms with van der Waals surface area (Å²) in [4.78, 5) is 11.9. The number of rotatable bonds is 2. The van der Waals surface area contributed by atoms with E-state index in [4.69, 9.17) is 0 Å². The van der Waals surface area contributed by atoms with Crippen molar-refractivity contribution >= 4 is 43.5 Å². The van der Waals surface area contributed by atoms with Crippen LogP contribution in [-0.4, -0.2) is 16.6 Å². The number of hydrazone groups is 1. The first-order chi connectivity index (χ1) is 10.6. The van der Waals surface area contributed by atoms with Gasteiger partial charge >= 0.3 is 0 Å². The van der Waals surface area contributed by atoms with Gasteiger partial charge in [0.05, 0.1) is 11.8 Å². The maximum Gasteiger partial charge on any atom is 0.240 e. The average Bonchev–Trinajstić information content (AvgIpc) is 2.93. The standard InChI is InChI=1S/C17H14Br2N2O/c1-11(22)21-17(12-5-3-2-4-6-12)10-16(20-21)14-8-7-13(18)9-15(14)19/h2-9,17H,10H2,1H3/t17-/m0/s1. The van der Waals surface area contributed by atoms with Gasteiger partial charge in [-0.3, -0.25) is 4.79 Å². The summed E-state index contributed by atoms with van der Waals surface area (Å²) in [6.07, 6.45) is 0.712. The Kier molecular flexibility index (Phi) is 4.45. The van der Waals surface area contributed by atoms with E-state index in [1.807, 2.05) is 48.5 Å². The maximum atomic E-state index is 11.9. The Hall–Kier alpha value is -1.46. The van der Waals surface area contributed by atoms with Crippen LogP contribution in [0.15, 0.2) is 62.6 Å². The molecule has 3 nitrogen and oxygen atoms in total. The fourth-order valence-electron chi connectivity index (χ4n) is 2.62. The zero-order valence-corrected chi connectivity index (χ0v) is 15.1. The van der Waals surface area contributed by atoms with E-state index < -0.39 is 0 Å². The fourth-order valence-corrected chi connectivity index (χ4v) is 3.90. The summed E-state index contributed by atoms with van der Waals surface area (Å²) in [5.74, 6) is -0.0444. The molecule has 0 aliphatic carbocycles. The van der Waals surface area contributed by atoms with Crippen molar-refractivity contribution in [2.45, 2.75) is 19.4 Å². The summed E-state index contributed by atoms with van der Waals surface area (Å²) in [5, 5.41) is 6.14. The molecule has 1 aliphatic rings. The molecule has 2 aromatic rings. The molecule has 0 bridgehead atoms. The fraction of sp³-hybridized carbons (Fsp3) is 0.176. The maximum absolute atomic E-state index is 11.9. The van der Waals surface area contributed by atoms with Gasteiger partial charge in [-0.2, -0.15) is 5.10 Å². The highest BCUT2D eigenvalue weighted by molar-refractivity contribution is 9.11. The third-order valence-electron chi connectivity index (χ3n) is 3.66. The SMILES string of the molecule is CC(=O)N1N=C(c2ccc(Br)cc2Br)C[C@H]1c1ccccc1. The number of halogens is 2. The summed E-state index contributed by atoms with van der Waals surface area (Å²) in [6, 6.07) is 16.0. The van der Waals surface area contributed by atoms with E-state index in [2.05, 4.69) is 37.0 Å². The third kappa shape index (κ3) is 3.01. The molecule has 0 saturated carbocycles. The first-order valence-corrected chi connectivity index (χ1v) is 8.52. The highest BCUT2D eigenvalue weighted by Gasteiger charge is 2.31. The van der Waals surface area contributed by atoms with Crippen LogP contribution in [0.1, 0.15) is 30.5 Å². The second-order valence-electron chi connectivity index (χ2n) is 5.17. The number of nitrogens with zero attached hydrogens (tertiary/aromatic N) is 2. The Bertz CT molecular complexity index is 744. The van der Waals surface area contributed by atoms with Crippen LogP contribution in [0.3, 0.4) is 0 Å². The van der Waals surface area contributed by atoms with Crippen molar-refractivity contribution < 1.29 is 4.79 Å². The molecular weight excluding hydrogens is 408 g/mol. The average molecular weight is 422 g/mol. The third-order valence-corrected chi connectivity index (χ3v) is 4.81. The van der Waals surface area contributed by atoms with Crippen molar-refractivity contribution in [3.8, 4) is 0 Å². The van der Waals surface area contributed by atoms with Crippen LogP contribution in [0, 0.1) is 0 Å². The quantitative estimate of drug-likeness (QED) is 0.677. The van der Waals surface area contributed by atoms with Gasteiger partial charge in [0, 0.05) is 27.9 Å². The van der Waals surface area contributed by atoms with E-state index in [1.165, 1.54) is 0 Å². The molecule has 3 rings (SSSR count). The van der Waals surface area contributed by atoms with E-state index >= 15 is 0 Å². The lowest BCUT2D eigenvalue weighted by atomic mass is 9.98. The van der Waals surface area contributed by atoms with Gasteiger partial charge in [-0.1, -0.05) is 68.3 Å². The lowest BCUT2D eigenvalue weighted by molar-refractivity contribution is -0.130. The second kappa shape index (κ2) is 6.34. The largest absolute Gasteiger partial charge is 0.273 e. The van der Waals surface area contributed by atoms with Crippen molar-refractivity contribution in [2.24, 2.45) is 5.10 Å². The normalized spacial score (nSPS) is 17.5. The Morgan fingerprint density at radius 2 is 1.91 bits per heavy atom. The monoisotopic (exact) mass is 420 g/mol. The molecule has 0 unspecified atom stereocenters. The molecule has 112 valence electrons. The highest BCUT2D eigenvalue weighted by atomic mass is 79.9. The minimum absolute atomic E-state index is 0.0377. The predicted octanol–water partition coefficient (Wildman–Crippen LogP) is 4.91. The summed E-state index contributed by atoms with van der Waals surface area (Å²) < 4.78 is 1.97. The summed E-state index contributed by atoms with van der Waals surface area (Å²) in [7, 11) is 0. The molecule has 5 heteroatoms. The summed E-state index contributed by atoms with van der Waals surface area (Å²) in [5.41, 5.74) is 3.04. The zero-order chi connectivity index (χ0) is 15.7. The molecule has 0 radical (unpaired) electrons. The van der Waals surface area contributed by atoms with Crippen LogP contribution in [0.5, 0.6) is 0 Å². The number of carbonyl (C=O) groups excluding carboxylic acids is 1. The molecule has 0 N–H and O–H groups in total. The minimum atomic E-state index is -0.0444. The van der Waals surface area contributed by atoms with Crippen molar-refractivity contribution in [1.82, 2.24) is 5.01 Å². The number of hydrogen-bond acceptors (Lipinski definition) is 2. The minimum Gasteiger partial charge on any atom is -0.273 e. The molecule has 22 heavy (non-hydrogen) atoms. The molecule has 0 fully saturated rings. The van der Waals surface area contributed by atoms with Gasteiger partial charge in [0.15, 0.2) is 0 Å². The van der Waals surface area contributed by atoms with Crippen molar-refractivity contribution in [2.75, 3.05) is 0 Å². The van der Waals surface area contributed by atoms with Gasteiger partial charge in [0.2, 0.25) is 5.91 Å². The Labute approximate surface area is 146 Å². The van der Waals surface area contributed by atoms with Crippen LogP contribution < -0.4 is 0 Å². The topological polar surface area (TPSA) is 32.7 Å². The van der Waals surface area contributed by atoms with Gasteiger partial charge in [0.25, 0.3) is 0 Å². The number of hydrogen-bond donors (Lipinski definition) is 0. The Morgan fingerprint density at radius 1 is 1.18 bits per heavy atom. The first kappa shape index (κ1) is 15.4. The number of carbonyl (C=O) groups is 1. The molecule has 0 aromatic heterocycles. The van der Waals surface area contributed by atoms with Gasteiger partial charge in [-0.05, 0) is 17.7 Å². The van der Waals surface area contributed by atoms with Gasteiger partial charge in [0.1, 0.15) is 0 Å². The molecule has 1 aliphatic heterocycles. The van der Waals surface area contributed by atoms with Gasteiger partial charge in [-0.25, -0.2) is 5.01 Å². The highest BCUT2D eigenvalue weighted by Crippen LogP contribution is 2.34. The van der Waals surface area contributed by atoms with E-state index in [9.17, 15) is 4.79 Å². The van der Waals surface area contributed by atoms with Crippen LogP contribution in [0.4, 0.5) is 0 Å². The Balaban J connectivity index is 1.98. The lowest BCUT2D eigenvalue weighted by Crippen LogP contribution is -2.24. The summed E-state index contributed by atoms with van der Waals surface area (Å²) >= 11 is 7.03. The Morgan fingerprint density at radius 3 is 2.55 bits per heavy atom. The van der Waals surface area contributed by atoms with Crippen molar-refractivity contribution in [1.29, 1.82) is 0 Å². The first-order valence-electron chi connectivity index (χ1n) is 6.94. The van der Waals surface area contributed by atoms with Crippen molar-refractivity contribution in [3.63, 3.8) is 0 Å². The van der Waals surface area contributed by atoms with E-state index in [0.29, 0.717) is 6.42 Å². The van der Waals surface area contributed by atoms with E-state index in [0.717, 1.165) is 25.8 Å². The molecule has 2 aromatic carbocycles. The molecular formula is C17H14Br2N2O. The van der Waals surface area contributed by atoms with Crippen LogP contribution in [0.2, 0.25) is 0 Å². The molecule has 0 saturated heterocycles. The van der Waals surface area contributed by atoms with Gasteiger partial charge in [-0.15, -0.1) is 0 Å². The smallest absolute Gasteiger partial charge is 0.240 e. The zero-order valence-electron chi connectivity index (χ0n) is 12.0. The number of amides is 1. The number of benzene rings is 2. The van der Waals surface area contributed by atoms with Gasteiger partial charge < -0.3 is 0 Å². The molecule has 1 atom stereocenters. The summed E-state index contributed by atoms with van der Waals surface area (Å²) in [6.45, 7) is 1.55. The second-order valence-corrected chi connectivity index (χ2v) is 6.94. The molecule has 1 amide bonds. The lowest BCUT2D eigenvalue weighted by Gasteiger charge is -2.20. The molecule has 0 spiro atoms. The predicted molar refractivity (Wildman–Crippen MR) is 94.7 cm³/mol. The van der Waals surface area contributed by atoms with Crippen LogP contribution in [0.25, 0.3) is 0 Å². The van der Waals surface area contributed by atoms with Crippen LogP contribution in [-0.2, 0) is 4.79 Å². The van der Waals surface area contributed by atoms with Crippen LogP contribution >= 0.6 is 31.9 Å². The van der Waals surface area contributed by atoms with E-state index in [-0.39, 0.29) is 11.9 Å². The van der Waals surface area contributed by atoms with E-state index in [1.54, 1.807) is 11.9 Å². The molecule has 1 heterocycles. The van der Waals surface area contributed by atoms with Crippen molar-refractivity contribution in [3.05, 3.63) is 68.6 Å².